The molecule has 8 heteroatoms. The number of benzene rings is 2. The second-order valence-corrected chi connectivity index (χ2v) is 9.04. The highest BCUT2D eigenvalue weighted by Gasteiger charge is 2.23. The van der Waals surface area contributed by atoms with Gasteiger partial charge >= 0.3 is 0 Å². The number of nitrogens with zero attached hydrogens (tertiary/aromatic N) is 1. The molecule has 0 aliphatic heterocycles. The van der Waals surface area contributed by atoms with Gasteiger partial charge in [-0.05, 0) is 55.7 Å². The van der Waals surface area contributed by atoms with Gasteiger partial charge < -0.3 is 10.1 Å². The number of methoxy groups -OCH3 is 1. The lowest BCUT2D eigenvalue weighted by atomic mass is 10.0. The number of sulfonamides is 1. The Morgan fingerprint density at radius 1 is 1.18 bits per heavy atom. The van der Waals surface area contributed by atoms with Gasteiger partial charge in [-0.2, -0.15) is 0 Å². The van der Waals surface area contributed by atoms with E-state index in [1.807, 2.05) is 39.0 Å². The molecule has 1 atom stereocenters. The Kier molecular flexibility index (Phi) is 6.96. The van der Waals surface area contributed by atoms with Gasteiger partial charge in [0.25, 0.3) is 0 Å². The van der Waals surface area contributed by atoms with Gasteiger partial charge in [-0.1, -0.05) is 29.8 Å². The number of aryl methyl sites for hydroxylation is 2. The molecule has 0 fully saturated rings. The number of ether oxygens (including phenoxy) is 1. The number of carbonyl (C=O) groups excluding carboxylic acids is 1. The third-order valence-corrected chi connectivity index (χ3v) is 5.96. The zero-order valence-electron chi connectivity index (χ0n) is 16.6. The predicted octanol–water partition coefficient (Wildman–Crippen LogP) is 3.61. The summed E-state index contributed by atoms with van der Waals surface area (Å²) in [5.74, 6) is 0.00905. The van der Waals surface area contributed by atoms with Crippen molar-refractivity contribution in [2.24, 2.45) is 0 Å². The zero-order valence-corrected chi connectivity index (χ0v) is 18.2. The minimum Gasteiger partial charge on any atom is -0.495 e. The molecule has 0 aromatic heterocycles. The molecule has 2 aromatic carbocycles. The minimum atomic E-state index is -3.69. The minimum absolute atomic E-state index is 0.257. The van der Waals surface area contributed by atoms with Crippen molar-refractivity contribution in [3.63, 3.8) is 0 Å². The number of nitrogens with one attached hydrogen (secondary N) is 1. The smallest absolute Gasteiger partial charge is 0.241 e. The lowest BCUT2D eigenvalue weighted by Crippen LogP contribution is -2.41. The first kappa shape index (κ1) is 22.0. The van der Waals surface area contributed by atoms with E-state index in [-0.39, 0.29) is 17.6 Å². The largest absolute Gasteiger partial charge is 0.495 e. The summed E-state index contributed by atoms with van der Waals surface area (Å²) in [6.45, 7) is 5.53. The van der Waals surface area contributed by atoms with Crippen LogP contribution in [-0.4, -0.2) is 34.2 Å². The SMILES string of the molecule is COc1ccc(N(CC(=O)N[C@@H](C)c2ccc(C)c(C)c2)S(C)(=O)=O)cc1Cl. The van der Waals surface area contributed by atoms with Crippen molar-refractivity contribution in [3.8, 4) is 5.75 Å². The Hall–Kier alpha value is -2.25. The first-order valence-electron chi connectivity index (χ1n) is 8.70. The normalized spacial score (nSPS) is 12.4. The Bertz CT molecular complexity index is 976. The lowest BCUT2D eigenvalue weighted by molar-refractivity contribution is -0.120. The predicted molar refractivity (Wildman–Crippen MR) is 113 cm³/mol. The Labute approximate surface area is 171 Å². The van der Waals surface area contributed by atoms with Crippen molar-refractivity contribution >= 4 is 33.2 Å². The van der Waals surface area contributed by atoms with Gasteiger partial charge in [0.1, 0.15) is 12.3 Å². The number of hydrogen-bond acceptors (Lipinski definition) is 4. The van der Waals surface area contributed by atoms with E-state index in [1.165, 1.54) is 18.7 Å². The summed E-state index contributed by atoms with van der Waals surface area (Å²) in [5.41, 5.74) is 3.54. The van der Waals surface area contributed by atoms with E-state index in [4.69, 9.17) is 16.3 Å². The fourth-order valence-corrected chi connectivity index (χ4v) is 3.85. The fraction of sp³-hybridized carbons (Fsp3) is 0.350. The molecule has 28 heavy (non-hydrogen) atoms. The summed E-state index contributed by atoms with van der Waals surface area (Å²) in [6.07, 6.45) is 1.05. The van der Waals surface area contributed by atoms with E-state index in [9.17, 15) is 13.2 Å². The molecule has 0 bridgehead atoms. The van der Waals surface area contributed by atoms with Crippen LogP contribution in [0.2, 0.25) is 5.02 Å². The number of halogens is 1. The van der Waals surface area contributed by atoms with Gasteiger partial charge in [0.05, 0.1) is 30.1 Å². The average molecular weight is 425 g/mol. The summed E-state index contributed by atoms with van der Waals surface area (Å²) in [7, 11) is -2.22. The van der Waals surface area contributed by atoms with Crippen LogP contribution in [0.1, 0.15) is 29.7 Å². The first-order chi connectivity index (χ1) is 13.0. The van der Waals surface area contributed by atoms with Crippen molar-refractivity contribution in [3.05, 3.63) is 58.1 Å². The van der Waals surface area contributed by atoms with Gasteiger partial charge in [0.2, 0.25) is 15.9 Å². The van der Waals surface area contributed by atoms with Crippen molar-refractivity contribution in [2.75, 3.05) is 24.2 Å². The molecule has 0 saturated carbocycles. The standard InChI is InChI=1S/C20H25ClN2O4S/c1-13-6-7-16(10-14(13)2)15(3)22-20(24)12-23(28(5,25)26)17-8-9-19(27-4)18(21)11-17/h6-11,15H,12H2,1-5H3,(H,22,24)/t15-/m0/s1. The quantitative estimate of drug-likeness (QED) is 0.736. The maximum atomic E-state index is 12.5. The highest BCUT2D eigenvalue weighted by Crippen LogP contribution is 2.30. The third-order valence-electron chi connectivity index (χ3n) is 4.52. The molecule has 0 unspecified atom stereocenters. The zero-order chi connectivity index (χ0) is 21.1. The molecule has 2 aromatic rings. The molecule has 2 rings (SSSR count). The van der Waals surface area contributed by atoms with Crippen molar-refractivity contribution in [2.45, 2.75) is 26.8 Å². The number of anilines is 1. The van der Waals surface area contributed by atoms with Crippen LogP contribution < -0.4 is 14.4 Å². The van der Waals surface area contributed by atoms with E-state index in [1.54, 1.807) is 12.1 Å². The lowest BCUT2D eigenvalue weighted by Gasteiger charge is -2.24. The van der Waals surface area contributed by atoms with Crippen LogP contribution in [0, 0.1) is 13.8 Å². The van der Waals surface area contributed by atoms with Gasteiger partial charge in [0, 0.05) is 0 Å². The molecule has 1 amide bonds. The molecule has 0 aliphatic carbocycles. The van der Waals surface area contributed by atoms with Crippen molar-refractivity contribution in [1.82, 2.24) is 5.32 Å². The van der Waals surface area contributed by atoms with Crippen LogP contribution in [0.25, 0.3) is 0 Å². The Balaban J connectivity index is 2.19. The molecule has 0 radical (unpaired) electrons. The van der Waals surface area contributed by atoms with Crippen LogP contribution in [-0.2, 0) is 14.8 Å². The summed E-state index contributed by atoms with van der Waals surface area (Å²) in [5, 5.41) is 3.11. The second-order valence-electron chi connectivity index (χ2n) is 6.72. The van der Waals surface area contributed by atoms with Crippen LogP contribution in [0.4, 0.5) is 5.69 Å². The Morgan fingerprint density at radius 3 is 2.39 bits per heavy atom. The molecule has 0 spiro atoms. The highest BCUT2D eigenvalue weighted by atomic mass is 35.5. The van der Waals surface area contributed by atoms with E-state index in [0.717, 1.165) is 21.7 Å². The number of rotatable bonds is 7. The maximum absolute atomic E-state index is 12.5. The van der Waals surface area contributed by atoms with E-state index < -0.39 is 15.9 Å². The van der Waals surface area contributed by atoms with Crippen LogP contribution in [0.5, 0.6) is 5.75 Å². The third kappa shape index (κ3) is 5.39. The number of carbonyl (C=O) groups is 1. The molecule has 0 heterocycles. The van der Waals surface area contributed by atoms with Crippen LogP contribution in [0.3, 0.4) is 0 Å². The maximum Gasteiger partial charge on any atom is 0.241 e. The first-order valence-corrected chi connectivity index (χ1v) is 10.9. The average Bonchev–Trinajstić information content (AvgIpc) is 2.61. The molecule has 152 valence electrons. The van der Waals surface area contributed by atoms with E-state index in [0.29, 0.717) is 11.4 Å². The van der Waals surface area contributed by atoms with Gasteiger partial charge in [-0.25, -0.2) is 8.42 Å². The summed E-state index contributed by atoms with van der Waals surface area (Å²) < 4.78 is 30.6. The van der Waals surface area contributed by atoms with Gasteiger partial charge in [0.15, 0.2) is 0 Å². The molecule has 6 nitrogen and oxygen atoms in total. The summed E-state index contributed by atoms with van der Waals surface area (Å²) in [4.78, 5) is 12.5. The number of hydrogen-bond donors (Lipinski definition) is 1. The van der Waals surface area contributed by atoms with Gasteiger partial charge in [-0.3, -0.25) is 9.10 Å². The molecular weight excluding hydrogens is 400 g/mol. The second kappa shape index (κ2) is 8.84. The summed E-state index contributed by atoms with van der Waals surface area (Å²) in [6, 6.07) is 10.3. The molecular formula is C20H25ClN2O4S. The van der Waals surface area contributed by atoms with Crippen LogP contribution >= 0.6 is 11.6 Å². The van der Waals surface area contributed by atoms with Crippen molar-refractivity contribution in [1.29, 1.82) is 0 Å². The highest BCUT2D eigenvalue weighted by molar-refractivity contribution is 7.92. The van der Waals surface area contributed by atoms with Gasteiger partial charge in [-0.15, -0.1) is 0 Å². The topological polar surface area (TPSA) is 75.7 Å². The Morgan fingerprint density at radius 2 is 1.86 bits per heavy atom. The molecule has 0 saturated heterocycles. The monoisotopic (exact) mass is 424 g/mol. The van der Waals surface area contributed by atoms with E-state index in [2.05, 4.69) is 5.32 Å². The van der Waals surface area contributed by atoms with Crippen molar-refractivity contribution < 1.29 is 17.9 Å². The number of amides is 1. The summed E-state index contributed by atoms with van der Waals surface area (Å²) >= 11 is 6.11. The molecule has 1 N–H and O–H groups in total. The van der Waals surface area contributed by atoms with E-state index >= 15 is 0 Å². The fourth-order valence-electron chi connectivity index (χ4n) is 2.75. The van der Waals surface area contributed by atoms with Crippen LogP contribution in [0.15, 0.2) is 36.4 Å². The molecule has 0 aliphatic rings.